The number of anilines is 1. The van der Waals surface area contributed by atoms with Crippen molar-refractivity contribution >= 4 is 24.1 Å². The third-order valence-electron chi connectivity index (χ3n) is 5.36. The Balaban J connectivity index is 1.97. The Morgan fingerprint density at radius 3 is 1.52 bits per heavy atom. The third-order valence-corrected chi connectivity index (χ3v) is 5.36. The zero-order valence-corrected chi connectivity index (χ0v) is 18.3. The van der Waals surface area contributed by atoms with E-state index in [0.29, 0.717) is 5.56 Å². The van der Waals surface area contributed by atoms with E-state index in [-0.39, 0.29) is 0 Å². The average Bonchev–Trinajstić information content (AvgIpc) is 2.77. The molecule has 29 heavy (non-hydrogen) atoms. The van der Waals surface area contributed by atoms with Crippen LogP contribution in [-0.2, 0) is 0 Å². The first-order valence-electron chi connectivity index (χ1n) is 11.3. The molecule has 0 aliphatic rings. The zero-order valence-electron chi connectivity index (χ0n) is 18.3. The normalized spacial score (nSPS) is 11.1. The maximum Gasteiger partial charge on any atom is 0.150 e. The van der Waals surface area contributed by atoms with Gasteiger partial charge in [-0.1, -0.05) is 101 Å². The van der Waals surface area contributed by atoms with Gasteiger partial charge in [0.2, 0.25) is 0 Å². The van der Waals surface area contributed by atoms with Crippen LogP contribution < -0.4 is 4.90 Å². The molecule has 2 heteroatoms. The molecule has 0 saturated carbocycles. The summed E-state index contributed by atoms with van der Waals surface area (Å²) in [6.07, 6.45) is 15.6. The fourth-order valence-electron chi connectivity index (χ4n) is 3.50. The quantitative estimate of drug-likeness (QED) is 0.187. The number of carbonyl (C=O) groups excluding carboxylic acids is 1. The monoisotopic (exact) mass is 391 g/mol. The largest absolute Gasteiger partial charge is 0.372 e. The first-order valence-corrected chi connectivity index (χ1v) is 11.3. The Morgan fingerprint density at radius 2 is 1.07 bits per heavy atom. The highest BCUT2D eigenvalue weighted by Gasteiger charge is 2.06. The molecule has 0 aliphatic heterocycles. The Labute approximate surface area is 177 Å². The molecule has 2 rings (SSSR count). The predicted octanol–water partition coefficient (Wildman–Crippen LogP) is 7.64. The highest BCUT2D eigenvalue weighted by atomic mass is 16.1. The summed E-state index contributed by atoms with van der Waals surface area (Å²) in [6.45, 7) is 6.85. The second kappa shape index (κ2) is 13.8. The minimum atomic E-state index is 0.712. The van der Waals surface area contributed by atoms with Crippen LogP contribution >= 0.6 is 0 Å². The van der Waals surface area contributed by atoms with Gasteiger partial charge in [0, 0.05) is 24.3 Å². The van der Waals surface area contributed by atoms with Crippen LogP contribution in [0.3, 0.4) is 0 Å². The van der Waals surface area contributed by atoms with E-state index >= 15 is 0 Å². The first-order chi connectivity index (χ1) is 14.3. The van der Waals surface area contributed by atoms with Crippen LogP contribution in [-0.4, -0.2) is 19.4 Å². The van der Waals surface area contributed by atoms with Gasteiger partial charge in [0.05, 0.1) is 0 Å². The summed E-state index contributed by atoms with van der Waals surface area (Å²) in [4.78, 5) is 13.3. The van der Waals surface area contributed by atoms with Crippen molar-refractivity contribution in [3.63, 3.8) is 0 Å². The molecular formula is C27H37NO. The molecule has 0 N–H and O–H groups in total. The summed E-state index contributed by atoms with van der Waals surface area (Å²) < 4.78 is 0. The predicted molar refractivity (Wildman–Crippen MR) is 128 cm³/mol. The first kappa shape index (κ1) is 22.9. The van der Waals surface area contributed by atoms with Crippen molar-refractivity contribution in [2.75, 3.05) is 18.0 Å². The summed E-state index contributed by atoms with van der Waals surface area (Å²) in [7, 11) is 0. The van der Waals surface area contributed by atoms with E-state index in [1.165, 1.54) is 62.6 Å². The minimum Gasteiger partial charge on any atom is -0.372 e. The number of carbonyl (C=O) groups is 1. The van der Waals surface area contributed by atoms with Crippen LogP contribution in [0.1, 0.15) is 86.7 Å². The lowest BCUT2D eigenvalue weighted by atomic mass is 10.1. The molecule has 0 aliphatic carbocycles. The van der Waals surface area contributed by atoms with E-state index in [2.05, 4.69) is 55.2 Å². The van der Waals surface area contributed by atoms with Crippen LogP contribution in [0.4, 0.5) is 5.69 Å². The molecule has 0 spiro atoms. The molecule has 0 atom stereocenters. The number of benzene rings is 2. The lowest BCUT2D eigenvalue weighted by Gasteiger charge is -2.25. The van der Waals surface area contributed by atoms with Gasteiger partial charge in [-0.05, 0) is 36.1 Å². The van der Waals surface area contributed by atoms with E-state index in [9.17, 15) is 4.79 Å². The van der Waals surface area contributed by atoms with E-state index in [1.807, 2.05) is 24.3 Å². The Kier molecular flexibility index (Phi) is 10.9. The standard InChI is InChI=1S/C27H37NO/c1-3-5-7-9-21-28(22-10-8-6-4-2)27-19-17-25(18-20-27)12-11-24-13-15-26(23-29)16-14-24/h11-20,23H,3-10,21-22H2,1-2H3. The van der Waals surface area contributed by atoms with Crippen LogP contribution in [0.2, 0.25) is 0 Å². The van der Waals surface area contributed by atoms with Crippen LogP contribution in [0.25, 0.3) is 12.2 Å². The van der Waals surface area contributed by atoms with Gasteiger partial charge in [0.15, 0.2) is 0 Å². The van der Waals surface area contributed by atoms with Crippen LogP contribution in [0, 0.1) is 0 Å². The second-order valence-electron chi connectivity index (χ2n) is 7.82. The summed E-state index contributed by atoms with van der Waals surface area (Å²) in [5.74, 6) is 0. The lowest BCUT2D eigenvalue weighted by Crippen LogP contribution is -2.25. The van der Waals surface area contributed by atoms with Gasteiger partial charge in [-0.15, -0.1) is 0 Å². The molecule has 156 valence electrons. The number of unbranched alkanes of at least 4 members (excludes halogenated alkanes) is 6. The fourth-order valence-corrected chi connectivity index (χ4v) is 3.50. The summed E-state index contributed by atoms with van der Waals surface area (Å²) in [6, 6.07) is 16.6. The van der Waals surface area contributed by atoms with E-state index in [4.69, 9.17) is 0 Å². The molecule has 0 saturated heterocycles. The Bertz CT molecular complexity index is 703. The SMILES string of the molecule is CCCCCCN(CCCCCC)c1ccc(C=Cc2ccc(C=O)cc2)cc1. The molecule has 0 aromatic heterocycles. The number of rotatable bonds is 14. The molecule has 0 amide bonds. The molecule has 0 fully saturated rings. The van der Waals surface area contributed by atoms with Crippen molar-refractivity contribution in [1.29, 1.82) is 0 Å². The topological polar surface area (TPSA) is 20.3 Å². The van der Waals surface area contributed by atoms with Crippen molar-refractivity contribution < 1.29 is 4.79 Å². The third kappa shape index (κ3) is 8.68. The van der Waals surface area contributed by atoms with Crippen molar-refractivity contribution in [1.82, 2.24) is 0 Å². The Morgan fingerprint density at radius 1 is 0.621 bits per heavy atom. The van der Waals surface area contributed by atoms with Gasteiger partial charge in [-0.2, -0.15) is 0 Å². The van der Waals surface area contributed by atoms with Gasteiger partial charge in [0.25, 0.3) is 0 Å². The average molecular weight is 392 g/mol. The molecule has 2 aromatic rings. The van der Waals surface area contributed by atoms with E-state index in [0.717, 1.165) is 24.9 Å². The fraction of sp³-hybridized carbons (Fsp3) is 0.444. The van der Waals surface area contributed by atoms with Gasteiger partial charge in [-0.25, -0.2) is 0 Å². The maximum atomic E-state index is 10.8. The molecule has 0 unspecified atom stereocenters. The molecule has 0 bridgehead atoms. The van der Waals surface area contributed by atoms with Crippen molar-refractivity contribution in [3.8, 4) is 0 Å². The van der Waals surface area contributed by atoms with E-state index < -0.39 is 0 Å². The summed E-state index contributed by atoms with van der Waals surface area (Å²) in [5, 5.41) is 0. The van der Waals surface area contributed by atoms with Crippen LogP contribution in [0.15, 0.2) is 48.5 Å². The van der Waals surface area contributed by atoms with Gasteiger partial charge >= 0.3 is 0 Å². The van der Waals surface area contributed by atoms with Crippen molar-refractivity contribution in [2.24, 2.45) is 0 Å². The molecule has 2 nitrogen and oxygen atoms in total. The number of hydrogen-bond donors (Lipinski definition) is 0. The highest BCUT2D eigenvalue weighted by molar-refractivity contribution is 5.76. The lowest BCUT2D eigenvalue weighted by molar-refractivity contribution is 0.112. The summed E-state index contributed by atoms with van der Waals surface area (Å²) in [5.41, 5.74) is 4.35. The van der Waals surface area contributed by atoms with Crippen molar-refractivity contribution in [3.05, 3.63) is 65.2 Å². The number of aldehydes is 1. The van der Waals surface area contributed by atoms with Crippen molar-refractivity contribution in [2.45, 2.75) is 65.2 Å². The second-order valence-corrected chi connectivity index (χ2v) is 7.82. The zero-order chi connectivity index (χ0) is 20.7. The minimum absolute atomic E-state index is 0.712. The van der Waals surface area contributed by atoms with Crippen LogP contribution in [0.5, 0.6) is 0 Å². The highest BCUT2D eigenvalue weighted by Crippen LogP contribution is 2.19. The van der Waals surface area contributed by atoms with Gasteiger partial charge in [-0.3, -0.25) is 4.79 Å². The summed E-state index contributed by atoms with van der Waals surface area (Å²) >= 11 is 0. The van der Waals surface area contributed by atoms with E-state index in [1.54, 1.807) is 0 Å². The maximum absolute atomic E-state index is 10.8. The number of nitrogens with zero attached hydrogens (tertiary/aromatic N) is 1. The molecule has 2 aromatic carbocycles. The van der Waals surface area contributed by atoms with Gasteiger partial charge < -0.3 is 4.90 Å². The molecule has 0 heterocycles. The smallest absolute Gasteiger partial charge is 0.150 e. The Hall–Kier alpha value is -2.35. The molecule has 0 radical (unpaired) electrons. The van der Waals surface area contributed by atoms with Gasteiger partial charge in [0.1, 0.15) is 6.29 Å². The molecular weight excluding hydrogens is 354 g/mol. The number of hydrogen-bond acceptors (Lipinski definition) is 2.